The van der Waals surface area contributed by atoms with E-state index in [4.69, 9.17) is 8.68 Å². The molecule has 0 aliphatic heterocycles. The first-order valence-corrected chi connectivity index (χ1v) is 10.5. The van der Waals surface area contributed by atoms with Crippen LogP contribution in [0, 0.1) is 35.6 Å². The molecule has 0 saturated carbocycles. The molecule has 0 aliphatic carbocycles. The Labute approximate surface area is 200 Å². The van der Waals surface area contributed by atoms with Crippen molar-refractivity contribution in [2.75, 3.05) is 0 Å². The average Bonchev–Trinajstić information content (AvgIpc) is 2.53. The monoisotopic (exact) mass is 567 g/mol. The van der Waals surface area contributed by atoms with Gasteiger partial charge in [-0.2, -0.15) is 0 Å². The van der Waals surface area contributed by atoms with E-state index < -0.39 is 5.97 Å². The molecule has 0 bridgehead atoms. The summed E-state index contributed by atoms with van der Waals surface area (Å²) < 4.78 is 8.38. The Morgan fingerprint density at radius 1 is 0.667 bits per heavy atom. The van der Waals surface area contributed by atoms with Crippen LogP contribution in [0.25, 0.3) is 0 Å². The van der Waals surface area contributed by atoms with Crippen LogP contribution in [0.2, 0.25) is 0 Å². The van der Waals surface area contributed by atoms with Gasteiger partial charge in [-0.3, -0.25) is 4.79 Å². The molecule has 0 aromatic heterocycles. The standard InChI is InChI=1S/C18H36O2.La.O.2Zn/c1-2-3-4-5-6-7-8-9-10-11-12-13-14-15-16-17-18(19)20;;;;/h2-17H2,1H3,(H,19,20);;;;. The van der Waals surface area contributed by atoms with Gasteiger partial charge in [0.15, 0.2) is 0 Å². The Balaban J connectivity index is -0.000000480. The molecule has 0 aromatic carbocycles. The fourth-order valence-corrected chi connectivity index (χ4v) is 2.65. The Hall–Kier alpha value is 1.71. The second-order valence-electron chi connectivity index (χ2n) is 6.09. The maximum absolute atomic E-state index is 10.3. The Morgan fingerprint density at radius 2 is 0.917 bits per heavy atom. The Bertz CT molecular complexity index is 232. The predicted octanol–water partition coefficient (Wildman–Crippen LogP) is 6.21. The summed E-state index contributed by atoms with van der Waals surface area (Å²) in [7, 11) is 0. The van der Waals surface area contributed by atoms with Crippen LogP contribution in [0.5, 0.6) is 0 Å². The quantitative estimate of drug-likeness (QED) is 0.178. The van der Waals surface area contributed by atoms with Gasteiger partial charge in [0.2, 0.25) is 0 Å². The van der Waals surface area contributed by atoms with Crippen molar-refractivity contribution < 1.29 is 86.8 Å². The van der Waals surface area contributed by atoms with Crippen molar-refractivity contribution in [3.8, 4) is 0 Å². The Morgan fingerprint density at radius 3 is 1.17 bits per heavy atom. The van der Waals surface area contributed by atoms with Gasteiger partial charge in [-0.1, -0.05) is 96.8 Å². The van der Waals surface area contributed by atoms with Gasteiger partial charge >= 0.3 is 27.8 Å². The number of rotatable bonds is 16. The van der Waals surface area contributed by atoms with Crippen LogP contribution in [0.1, 0.15) is 110 Å². The Kier molecular flexibility index (Phi) is 45.0. The van der Waals surface area contributed by atoms with Crippen LogP contribution >= 0.6 is 0 Å². The maximum atomic E-state index is 10.3. The second-order valence-corrected chi connectivity index (χ2v) is 6.09. The third-order valence-electron chi connectivity index (χ3n) is 3.99. The fraction of sp³-hybridized carbons (Fsp3) is 0.944. The van der Waals surface area contributed by atoms with E-state index in [1.807, 2.05) is 0 Å². The summed E-state index contributed by atoms with van der Waals surface area (Å²) in [4.78, 5) is 10.3. The fourth-order valence-electron chi connectivity index (χ4n) is 2.65. The van der Waals surface area contributed by atoms with Crippen LogP contribution in [0.15, 0.2) is 0 Å². The minimum absolute atomic E-state index is 0. The molecule has 1 N–H and O–H groups in total. The summed E-state index contributed by atoms with van der Waals surface area (Å²) in [6.07, 6.45) is 20.2. The third kappa shape index (κ3) is 34.9. The molecule has 1 radical (unpaired) electrons. The van der Waals surface area contributed by atoms with E-state index in [0.717, 1.165) is 12.8 Å². The van der Waals surface area contributed by atoms with E-state index in [9.17, 15) is 4.79 Å². The molecule has 0 rings (SSSR count). The van der Waals surface area contributed by atoms with Gasteiger partial charge in [0.05, 0.1) is 0 Å². The molecule has 0 aliphatic rings. The predicted molar refractivity (Wildman–Crippen MR) is 87.9 cm³/mol. The first-order valence-electron chi connectivity index (χ1n) is 9.28. The summed E-state index contributed by atoms with van der Waals surface area (Å²) >= 11 is 0.125. The van der Waals surface area contributed by atoms with Gasteiger partial charge in [0, 0.05) is 61.5 Å². The summed E-state index contributed by atoms with van der Waals surface area (Å²) in [6, 6.07) is 0. The molecule has 0 amide bonds. The molecule has 24 heavy (non-hydrogen) atoms. The SMILES string of the molecule is CCCCCCCCCCCCCCCCCC(=O)O.[La].[O]=[Zn].[Zn]. The molecule has 0 aromatic rings. The smallest absolute Gasteiger partial charge is 0 e. The van der Waals surface area contributed by atoms with Gasteiger partial charge in [-0.25, -0.2) is 0 Å². The molecule has 0 atom stereocenters. The van der Waals surface area contributed by atoms with Crippen molar-refractivity contribution >= 4 is 5.97 Å². The number of carboxylic acids is 1. The van der Waals surface area contributed by atoms with Crippen LogP contribution in [0.4, 0.5) is 0 Å². The van der Waals surface area contributed by atoms with E-state index >= 15 is 0 Å². The molecule has 0 unspecified atom stereocenters. The van der Waals surface area contributed by atoms with E-state index in [1.54, 1.807) is 0 Å². The number of carbonyl (C=O) groups is 1. The molecular weight excluding hydrogens is 534 g/mol. The van der Waals surface area contributed by atoms with Gasteiger partial charge in [0.25, 0.3) is 0 Å². The largest absolute Gasteiger partial charge is 0 e. The molecular formula is C18H36LaO3Zn2. The van der Waals surface area contributed by atoms with Gasteiger partial charge in [-0.15, -0.1) is 0 Å². The van der Waals surface area contributed by atoms with E-state index in [-0.39, 0.29) is 73.3 Å². The molecule has 0 saturated heterocycles. The van der Waals surface area contributed by atoms with Crippen LogP contribution in [-0.2, 0) is 46.1 Å². The van der Waals surface area contributed by atoms with Gasteiger partial charge in [-0.05, 0) is 6.42 Å². The number of hydrogen-bond donors (Lipinski definition) is 1. The molecule has 133 valence electrons. The van der Waals surface area contributed by atoms with Gasteiger partial charge < -0.3 is 5.11 Å². The summed E-state index contributed by atoms with van der Waals surface area (Å²) in [5.41, 5.74) is 0. The molecule has 6 heteroatoms. The number of unbranched alkanes of at least 4 members (excludes halogenated alkanes) is 14. The summed E-state index contributed by atoms with van der Waals surface area (Å²) in [5, 5.41) is 8.52. The topological polar surface area (TPSA) is 54.4 Å². The van der Waals surface area contributed by atoms with Crippen LogP contribution in [0.3, 0.4) is 0 Å². The van der Waals surface area contributed by atoms with E-state index in [0.29, 0.717) is 6.42 Å². The zero-order valence-electron chi connectivity index (χ0n) is 16.1. The number of carboxylic acid groups (broad SMARTS) is 1. The normalized spacial score (nSPS) is 9.29. The van der Waals surface area contributed by atoms with Crippen molar-refractivity contribution in [1.29, 1.82) is 0 Å². The summed E-state index contributed by atoms with van der Waals surface area (Å²) in [6.45, 7) is 2.27. The minimum atomic E-state index is -0.653. The van der Waals surface area contributed by atoms with Crippen molar-refractivity contribution in [1.82, 2.24) is 0 Å². The third-order valence-corrected chi connectivity index (χ3v) is 3.99. The zero-order valence-corrected chi connectivity index (χ0v) is 25.6. The second kappa shape index (κ2) is 32.4. The maximum Gasteiger partial charge on any atom is 0 e. The first-order chi connectivity index (χ1) is 10.8. The number of hydrogen-bond acceptors (Lipinski definition) is 2. The van der Waals surface area contributed by atoms with Crippen molar-refractivity contribution in [3.05, 3.63) is 0 Å². The van der Waals surface area contributed by atoms with Crippen molar-refractivity contribution in [2.45, 2.75) is 110 Å². The van der Waals surface area contributed by atoms with Crippen molar-refractivity contribution in [2.24, 2.45) is 0 Å². The zero-order chi connectivity index (χ0) is 16.9. The van der Waals surface area contributed by atoms with E-state index in [2.05, 4.69) is 6.92 Å². The van der Waals surface area contributed by atoms with Crippen LogP contribution in [-0.4, -0.2) is 11.1 Å². The molecule has 0 heterocycles. The summed E-state index contributed by atoms with van der Waals surface area (Å²) in [5.74, 6) is -0.653. The van der Waals surface area contributed by atoms with Crippen LogP contribution < -0.4 is 0 Å². The molecule has 0 fully saturated rings. The average molecular weight is 570 g/mol. The molecule has 3 nitrogen and oxygen atoms in total. The minimum Gasteiger partial charge on any atom is 0 e. The first kappa shape index (κ1) is 33.3. The van der Waals surface area contributed by atoms with E-state index in [1.165, 1.54) is 83.5 Å². The van der Waals surface area contributed by atoms with Gasteiger partial charge in [0.1, 0.15) is 0 Å². The van der Waals surface area contributed by atoms with Crippen molar-refractivity contribution in [3.63, 3.8) is 0 Å². The molecule has 0 spiro atoms. The number of aliphatic carboxylic acids is 1.